The second-order valence-electron chi connectivity index (χ2n) is 4.41. The number of halogens is 1. The van der Waals surface area contributed by atoms with Crippen LogP contribution in [0.1, 0.15) is 0 Å². The largest absolute Gasteiger partial charge is 0.453 e. The van der Waals surface area contributed by atoms with E-state index < -0.39 is 0 Å². The lowest BCUT2D eigenvalue weighted by molar-refractivity contribution is 0.569. The van der Waals surface area contributed by atoms with E-state index in [2.05, 4.69) is 15.9 Å². The third-order valence-electron chi connectivity index (χ3n) is 3.18. The Labute approximate surface area is 117 Å². The van der Waals surface area contributed by atoms with Gasteiger partial charge in [0.25, 0.3) is 0 Å². The van der Waals surface area contributed by atoms with E-state index in [0.29, 0.717) is 0 Å². The van der Waals surface area contributed by atoms with Crippen LogP contribution in [0.25, 0.3) is 33.5 Å². The van der Waals surface area contributed by atoms with E-state index >= 15 is 0 Å². The SMILES string of the molecule is Brc1cccc2oc(-c3cc4ccccc4o3)cc12. The second-order valence-corrected chi connectivity index (χ2v) is 5.27. The highest BCUT2D eigenvalue weighted by atomic mass is 79.9. The standard InChI is InChI=1S/C16H9BrO2/c17-12-5-3-7-14-11(12)9-16(19-14)15-8-10-4-1-2-6-13(10)18-15/h1-9H. The molecule has 0 spiro atoms. The number of fused-ring (bicyclic) bond motifs is 2. The van der Waals surface area contributed by atoms with Crippen LogP contribution in [-0.4, -0.2) is 0 Å². The summed E-state index contributed by atoms with van der Waals surface area (Å²) in [5.41, 5.74) is 1.72. The first-order valence-corrected chi connectivity index (χ1v) is 6.77. The Balaban J connectivity index is 1.96. The summed E-state index contributed by atoms with van der Waals surface area (Å²) in [6, 6.07) is 17.9. The second kappa shape index (κ2) is 4.00. The quantitative estimate of drug-likeness (QED) is 0.456. The topological polar surface area (TPSA) is 26.3 Å². The summed E-state index contributed by atoms with van der Waals surface area (Å²) in [5.74, 6) is 1.50. The van der Waals surface area contributed by atoms with Gasteiger partial charge in [-0.1, -0.05) is 40.2 Å². The zero-order chi connectivity index (χ0) is 12.8. The molecule has 0 radical (unpaired) electrons. The van der Waals surface area contributed by atoms with Gasteiger partial charge in [0.05, 0.1) is 0 Å². The summed E-state index contributed by atoms with van der Waals surface area (Å²) in [7, 11) is 0. The molecule has 2 nitrogen and oxygen atoms in total. The van der Waals surface area contributed by atoms with Gasteiger partial charge in [0, 0.05) is 15.2 Å². The van der Waals surface area contributed by atoms with Crippen molar-refractivity contribution in [3.8, 4) is 11.5 Å². The lowest BCUT2D eigenvalue weighted by Crippen LogP contribution is -1.64. The molecule has 2 aromatic heterocycles. The molecule has 0 atom stereocenters. The minimum Gasteiger partial charge on any atom is -0.453 e. The van der Waals surface area contributed by atoms with Crippen LogP contribution >= 0.6 is 15.9 Å². The first-order valence-electron chi connectivity index (χ1n) is 5.98. The van der Waals surface area contributed by atoms with E-state index in [0.717, 1.165) is 37.9 Å². The maximum Gasteiger partial charge on any atom is 0.170 e. The normalized spacial score (nSPS) is 11.4. The fraction of sp³-hybridized carbons (Fsp3) is 0. The minimum absolute atomic E-state index is 0.748. The molecule has 0 N–H and O–H groups in total. The fourth-order valence-electron chi connectivity index (χ4n) is 2.25. The lowest BCUT2D eigenvalue weighted by Gasteiger charge is -1.89. The summed E-state index contributed by atoms with van der Waals surface area (Å²) >= 11 is 3.53. The zero-order valence-corrected chi connectivity index (χ0v) is 11.5. The molecule has 0 aliphatic heterocycles. The van der Waals surface area contributed by atoms with Crippen molar-refractivity contribution in [1.29, 1.82) is 0 Å². The molecule has 0 aliphatic carbocycles. The first-order chi connectivity index (χ1) is 9.31. The molecule has 0 saturated carbocycles. The maximum atomic E-state index is 5.84. The summed E-state index contributed by atoms with van der Waals surface area (Å²) in [5, 5.41) is 2.13. The van der Waals surface area contributed by atoms with E-state index in [9.17, 15) is 0 Å². The summed E-state index contributed by atoms with van der Waals surface area (Å²) in [6.07, 6.45) is 0. The predicted octanol–water partition coefficient (Wildman–Crippen LogP) is 5.61. The molecule has 0 aliphatic rings. The molecule has 2 aromatic carbocycles. The molecule has 4 rings (SSSR count). The number of rotatable bonds is 1. The predicted molar refractivity (Wildman–Crippen MR) is 79.1 cm³/mol. The van der Waals surface area contributed by atoms with Gasteiger partial charge in [0.2, 0.25) is 0 Å². The Morgan fingerprint density at radius 1 is 0.737 bits per heavy atom. The van der Waals surface area contributed by atoms with Gasteiger partial charge in [-0.2, -0.15) is 0 Å². The van der Waals surface area contributed by atoms with Crippen LogP contribution in [0, 0.1) is 0 Å². The first kappa shape index (κ1) is 10.9. The van der Waals surface area contributed by atoms with Gasteiger partial charge in [0.1, 0.15) is 11.2 Å². The van der Waals surface area contributed by atoms with Crippen molar-refractivity contribution in [1.82, 2.24) is 0 Å². The summed E-state index contributed by atoms with van der Waals surface area (Å²) < 4.78 is 12.7. The molecular formula is C16H9BrO2. The van der Waals surface area contributed by atoms with Crippen molar-refractivity contribution < 1.29 is 8.83 Å². The van der Waals surface area contributed by atoms with Gasteiger partial charge in [0.15, 0.2) is 11.5 Å². The van der Waals surface area contributed by atoms with Crippen molar-refractivity contribution >= 4 is 37.9 Å². The molecule has 0 saturated heterocycles. The molecule has 4 aromatic rings. The van der Waals surface area contributed by atoms with Gasteiger partial charge in [-0.25, -0.2) is 0 Å². The van der Waals surface area contributed by atoms with Crippen LogP contribution in [0.3, 0.4) is 0 Å². The number of hydrogen-bond donors (Lipinski definition) is 0. The zero-order valence-electron chi connectivity index (χ0n) is 9.89. The summed E-state index contributed by atoms with van der Waals surface area (Å²) in [6.45, 7) is 0. The number of para-hydroxylation sites is 1. The molecule has 0 amide bonds. The summed E-state index contributed by atoms with van der Waals surface area (Å²) in [4.78, 5) is 0. The van der Waals surface area contributed by atoms with Crippen molar-refractivity contribution in [2.24, 2.45) is 0 Å². The molecule has 0 bridgehead atoms. The van der Waals surface area contributed by atoms with Gasteiger partial charge in [-0.15, -0.1) is 0 Å². The van der Waals surface area contributed by atoms with E-state index in [1.54, 1.807) is 0 Å². The van der Waals surface area contributed by atoms with Crippen molar-refractivity contribution in [2.45, 2.75) is 0 Å². The van der Waals surface area contributed by atoms with Crippen LogP contribution in [0.4, 0.5) is 0 Å². The average molecular weight is 313 g/mol. The Morgan fingerprint density at radius 2 is 1.47 bits per heavy atom. The lowest BCUT2D eigenvalue weighted by atomic mass is 10.2. The van der Waals surface area contributed by atoms with Gasteiger partial charge in [-0.05, 0) is 30.3 Å². The molecule has 19 heavy (non-hydrogen) atoms. The molecular weight excluding hydrogens is 304 g/mol. The third-order valence-corrected chi connectivity index (χ3v) is 3.87. The fourth-order valence-corrected chi connectivity index (χ4v) is 2.71. The van der Waals surface area contributed by atoms with Crippen molar-refractivity contribution in [2.75, 3.05) is 0 Å². The Morgan fingerprint density at radius 3 is 2.32 bits per heavy atom. The van der Waals surface area contributed by atoms with Gasteiger partial charge < -0.3 is 8.83 Å². The van der Waals surface area contributed by atoms with Crippen molar-refractivity contribution in [3.63, 3.8) is 0 Å². The van der Waals surface area contributed by atoms with Gasteiger partial charge >= 0.3 is 0 Å². The van der Waals surface area contributed by atoms with E-state index in [1.165, 1.54) is 0 Å². The van der Waals surface area contributed by atoms with Crippen LogP contribution in [0.5, 0.6) is 0 Å². The van der Waals surface area contributed by atoms with E-state index in [1.807, 2.05) is 54.6 Å². The molecule has 92 valence electrons. The minimum atomic E-state index is 0.748. The Bertz CT molecular complexity index is 853. The number of hydrogen-bond acceptors (Lipinski definition) is 2. The third kappa shape index (κ3) is 1.70. The monoisotopic (exact) mass is 312 g/mol. The van der Waals surface area contributed by atoms with E-state index in [-0.39, 0.29) is 0 Å². The Kier molecular flexibility index (Phi) is 2.29. The highest BCUT2D eigenvalue weighted by Crippen LogP contribution is 2.34. The molecule has 0 unspecified atom stereocenters. The Hall–Kier alpha value is -2.00. The maximum absolute atomic E-state index is 5.84. The number of benzene rings is 2. The molecule has 2 heterocycles. The van der Waals surface area contributed by atoms with Crippen LogP contribution in [0.2, 0.25) is 0 Å². The smallest absolute Gasteiger partial charge is 0.170 e. The highest BCUT2D eigenvalue weighted by Gasteiger charge is 2.12. The van der Waals surface area contributed by atoms with Crippen molar-refractivity contribution in [3.05, 3.63) is 59.1 Å². The molecule has 0 fully saturated rings. The van der Waals surface area contributed by atoms with E-state index in [4.69, 9.17) is 8.83 Å². The van der Waals surface area contributed by atoms with Crippen LogP contribution < -0.4 is 0 Å². The molecule has 3 heteroatoms. The van der Waals surface area contributed by atoms with Crippen LogP contribution in [-0.2, 0) is 0 Å². The van der Waals surface area contributed by atoms with Gasteiger partial charge in [-0.3, -0.25) is 0 Å². The average Bonchev–Trinajstić information content (AvgIpc) is 3.02. The highest BCUT2D eigenvalue weighted by molar-refractivity contribution is 9.10. The number of furan rings is 2. The van der Waals surface area contributed by atoms with Crippen LogP contribution in [0.15, 0.2) is 67.9 Å².